The first kappa shape index (κ1) is 13.6. The van der Waals surface area contributed by atoms with Gasteiger partial charge < -0.3 is 5.32 Å². The van der Waals surface area contributed by atoms with Crippen molar-refractivity contribution >= 4 is 51.3 Å². The molecule has 3 rings (SSSR count). The van der Waals surface area contributed by atoms with E-state index in [-0.39, 0.29) is 0 Å². The first-order valence-corrected chi connectivity index (χ1v) is 7.77. The van der Waals surface area contributed by atoms with E-state index in [0.717, 1.165) is 28.1 Å². The van der Waals surface area contributed by atoms with E-state index in [4.69, 9.17) is 23.2 Å². The number of thiophene rings is 1. The van der Waals surface area contributed by atoms with Crippen molar-refractivity contribution in [3.8, 4) is 10.7 Å². The van der Waals surface area contributed by atoms with Gasteiger partial charge in [0.2, 0.25) is 0 Å². The SMILES string of the molecule is CCNc1nc(-c2sccc2Cl)nc2cc(Cl)ccc12. The molecule has 2 aromatic heterocycles. The van der Waals surface area contributed by atoms with Crippen LogP contribution in [-0.2, 0) is 0 Å². The third kappa shape index (κ3) is 2.46. The number of rotatable bonds is 3. The third-order valence-electron chi connectivity index (χ3n) is 2.82. The minimum atomic E-state index is 0.621. The van der Waals surface area contributed by atoms with E-state index in [1.807, 2.05) is 36.6 Å². The van der Waals surface area contributed by atoms with Crippen molar-refractivity contribution in [2.75, 3.05) is 11.9 Å². The number of hydrogen-bond acceptors (Lipinski definition) is 4. The molecule has 3 aromatic rings. The Hall–Kier alpha value is -1.36. The van der Waals surface area contributed by atoms with Crippen LogP contribution >= 0.6 is 34.5 Å². The van der Waals surface area contributed by atoms with E-state index in [2.05, 4.69) is 15.3 Å². The van der Waals surface area contributed by atoms with Gasteiger partial charge in [0.1, 0.15) is 5.82 Å². The molecule has 1 aromatic carbocycles. The van der Waals surface area contributed by atoms with E-state index in [1.165, 1.54) is 11.3 Å². The fourth-order valence-electron chi connectivity index (χ4n) is 1.96. The lowest BCUT2D eigenvalue weighted by atomic mass is 10.2. The van der Waals surface area contributed by atoms with Crippen LogP contribution in [0.5, 0.6) is 0 Å². The summed E-state index contributed by atoms with van der Waals surface area (Å²) >= 11 is 13.7. The third-order valence-corrected chi connectivity index (χ3v) is 4.40. The maximum Gasteiger partial charge on any atom is 0.173 e. The lowest BCUT2D eigenvalue weighted by Gasteiger charge is -2.09. The van der Waals surface area contributed by atoms with E-state index >= 15 is 0 Å². The lowest BCUT2D eigenvalue weighted by Crippen LogP contribution is -2.02. The first-order valence-electron chi connectivity index (χ1n) is 6.13. The molecule has 3 nitrogen and oxygen atoms in total. The molecule has 2 heterocycles. The Balaban J connectivity index is 2.26. The van der Waals surface area contributed by atoms with Crippen LogP contribution in [0.2, 0.25) is 10.0 Å². The number of anilines is 1. The highest BCUT2D eigenvalue weighted by Crippen LogP contribution is 2.33. The molecule has 0 atom stereocenters. The molecule has 0 aliphatic rings. The molecule has 1 N–H and O–H groups in total. The van der Waals surface area contributed by atoms with Gasteiger partial charge in [-0.25, -0.2) is 9.97 Å². The summed E-state index contributed by atoms with van der Waals surface area (Å²) in [5.74, 6) is 1.42. The van der Waals surface area contributed by atoms with Crippen LogP contribution in [-0.4, -0.2) is 16.5 Å². The maximum atomic E-state index is 6.17. The summed E-state index contributed by atoms with van der Waals surface area (Å²) in [7, 11) is 0. The summed E-state index contributed by atoms with van der Waals surface area (Å²) < 4.78 is 0. The normalized spacial score (nSPS) is 10.9. The summed E-state index contributed by atoms with van der Waals surface area (Å²) in [6.45, 7) is 2.81. The largest absolute Gasteiger partial charge is 0.370 e. The molecule has 20 heavy (non-hydrogen) atoms. The van der Waals surface area contributed by atoms with E-state index in [1.54, 1.807) is 0 Å². The van der Waals surface area contributed by atoms with Gasteiger partial charge in [0.05, 0.1) is 15.4 Å². The Labute approximate surface area is 130 Å². The molecule has 0 saturated carbocycles. The number of aromatic nitrogens is 2. The Morgan fingerprint density at radius 2 is 2.05 bits per heavy atom. The predicted octanol–water partition coefficient (Wildman–Crippen LogP) is 5.10. The molecule has 0 aliphatic heterocycles. The molecule has 0 saturated heterocycles. The highest BCUT2D eigenvalue weighted by molar-refractivity contribution is 7.14. The highest BCUT2D eigenvalue weighted by atomic mass is 35.5. The summed E-state index contributed by atoms with van der Waals surface area (Å²) in [6.07, 6.45) is 0. The Kier molecular flexibility index (Phi) is 3.78. The van der Waals surface area contributed by atoms with Crippen LogP contribution in [0.4, 0.5) is 5.82 Å². The van der Waals surface area contributed by atoms with Crippen molar-refractivity contribution in [2.24, 2.45) is 0 Å². The summed E-state index contributed by atoms with van der Waals surface area (Å²) in [5, 5.41) is 7.46. The van der Waals surface area contributed by atoms with Gasteiger partial charge in [0, 0.05) is 17.0 Å². The monoisotopic (exact) mass is 323 g/mol. The zero-order chi connectivity index (χ0) is 14.1. The topological polar surface area (TPSA) is 37.8 Å². The quantitative estimate of drug-likeness (QED) is 0.728. The standard InChI is InChI=1S/C14H11Cl2N3S/c1-2-17-13-9-4-3-8(15)7-11(9)18-14(19-13)12-10(16)5-6-20-12/h3-7H,2H2,1H3,(H,17,18,19). The maximum absolute atomic E-state index is 6.17. The van der Waals surface area contributed by atoms with Gasteiger partial charge in [-0.2, -0.15) is 0 Å². The number of benzene rings is 1. The van der Waals surface area contributed by atoms with Crippen LogP contribution < -0.4 is 5.32 Å². The molecule has 0 unspecified atom stereocenters. The lowest BCUT2D eigenvalue weighted by molar-refractivity contribution is 1.15. The van der Waals surface area contributed by atoms with Gasteiger partial charge in [-0.15, -0.1) is 11.3 Å². The van der Waals surface area contributed by atoms with Crippen molar-refractivity contribution in [3.63, 3.8) is 0 Å². The second kappa shape index (κ2) is 5.56. The van der Waals surface area contributed by atoms with Gasteiger partial charge >= 0.3 is 0 Å². The summed E-state index contributed by atoms with van der Waals surface area (Å²) in [5.41, 5.74) is 0.808. The summed E-state index contributed by atoms with van der Waals surface area (Å²) in [4.78, 5) is 10.0. The van der Waals surface area contributed by atoms with Gasteiger partial charge in [0.15, 0.2) is 5.82 Å². The Bertz CT molecular complexity index is 770. The number of halogens is 2. The highest BCUT2D eigenvalue weighted by Gasteiger charge is 2.13. The number of fused-ring (bicyclic) bond motifs is 1. The second-order valence-electron chi connectivity index (χ2n) is 4.19. The molecule has 0 fully saturated rings. The average molecular weight is 324 g/mol. The van der Waals surface area contributed by atoms with Crippen LogP contribution in [0.15, 0.2) is 29.6 Å². The van der Waals surface area contributed by atoms with Crippen molar-refractivity contribution in [2.45, 2.75) is 6.92 Å². The van der Waals surface area contributed by atoms with Crippen molar-refractivity contribution in [3.05, 3.63) is 39.7 Å². The van der Waals surface area contributed by atoms with Crippen molar-refractivity contribution in [1.29, 1.82) is 0 Å². The van der Waals surface area contributed by atoms with Crippen molar-refractivity contribution in [1.82, 2.24) is 9.97 Å². The van der Waals surface area contributed by atoms with Gasteiger partial charge in [-0.3, -0.25) is 0 Å². The molecule has 102 valence electrons. The first-order chi connectivity index (χ1) is 9.69. The number of hydrogen-bond donors (Lipinski definition) is 1. The Morgan fingerprint density at radius 3 is 2.75 bits per heavy atom. The molecular weight excluding hydrogens is 313 g/mol. The number of nitrogens with one attached hydrogen (secondary N) is 1. The molecular formula is C14H11Cl2N3S. The van der Waals surface area contributed by atoms with Crippen LogP contribution in [0.3, 0.4) is 0 Å². The predicted molar refractivity (Wildman–Crippen MR) is 87.0 cm³/mol. The molecule has 0 amide bonds. The summed E-state index contributed by atoms with van der Waals surface area (Å²) in [6, 6.07) is 7.45. The van der Waals surface area contributed by atoms with Crippen LogP contribution in [0.1, 0.15) is 6.92 Å². The van der Waals surface area contributed by atoms with Crippen molar-refractivity contribution < 1.29 is 0 Å². The fourth-order valence-corrected chi connectivity index (χ4v) is 3.20. The molecule has 0 spiro atoms. The minimum Gasteiger partial charge on any atom is -0.370 e. The zero-order valence-corrected chi connectivity index (χ0v) is 13.0. The average Bonchev–Trinajstić information content (AvgIpc) is 2.84. The van der Waals surface area contributed by atoms with Crippen LogP contribution in [0.25, 0.3) is 21.6 Å². The van der Waals surface area contributed by atoms with E-state index in [0.29, 0.717) is 15.9 Å². The molecule has 0 aliphatic carbocycles. The van der Waals surface area contributed by atoms with E-state index < -0.39 is 0 Å². The zero-order valence-electron chi connectivity index (χ0n) is 10.7. The minimum absolute atomic E-state index is 0.621. The number of nitrogens with zero attached hydrogens (tertiary/aromatic N) is 2. The Morgan fingerprint density at radius 1 is 1.20 bits per heavy atom. The molecule has 0 radical (unpaired) electrons. The van der Waals surface area contributed by atoms with Crippen LogP contribution in [0, 0.1) is 0 Å². The van der Waals surface area contributed by atoms with E-state index in [9.17, 15) is 0 Å². The van der Waals surface area contributed by atoms with Gasteiger partial charge in [-0.05, 0) is 36.6 Å². The smallest absolute Gasteiger partial charge is 0.173 e. The van der Waals surface area contributed by atoms with Gasteiger partial charge in [-0.1, -0.05) is 23.2 Å². The second-order valence-corrected chi connectivity index (χ2v) is 5.95. The van der Waals surface area contributed by atoms with Gasteiger partial charge in [0.25, 0.3) is 0 Å². The molecule has 6 heteroatoms. The fraction of sp³-hybridized carbons (Fsp3) is 0.143. The molecule has 0 bridgehead atoms.